The summed E-state index contributed by atoms with van der Waals surface area (Å²) in [5.41, 5.74) is 3.09. The predicted molar refractivity (Wildman–Crippen MR) is 295 cm³/mol. The Kier molecular flexibility index (Phi) is 19.3. The molecule has 2 aliphatic heterocycles. The van der Waals surface area contributed by atoms with Gasteiger partial charge in [0.2, 0.25) is 47.3 Å². The molecular weight excluding hydrogens is 977 g/mol. The molecule has 12 atom stereocenters. The van der Waals surface area contributed by atoms with Crippen molar-refractivity contribution in [1.29, 1.82) is 0 Å². The molecule has 2 aromatic carbocycles. The van der Waals surface area contributed by atoms with E-state index in [1.165, 1.54) is 16.0 Å². The van der Waals surface area contributed by atoms with Gasteiger partial charge in [-0.05, 0) is 125 Å². The van der Waals surface area contributed by atoms with Crippen molar-refractivity contribution >= 4 is 47.3 Å². The molecular formula is C59H88N10O8. The highest BCUT2D eigenvalue weighted by Gasteiger charge is 2.49. The Bertz CT molecular complexity index is 2490. The van der Waals surface area contributed by atoms with E-state index in [2.05, 4.69) is 54.7 Å². The molecule has 18 heteroatoms. The van der Waals surface area contributed by atoms with Crippen molar-refractivity contribution in [3.63, 3.8) is 0 Å². The number of likely N-dealkylation sites (N-methyl/N-ethyl adjacent to an activating group) is 2. The number of carbonyl (C=O) groups is 8. The Labute approximate surface area is 456 Å². The van der Waals surface area contributed by atoms with Crippen molar-refractivity contribution in [3.05, 3.63) is 70.8 Å². The van der Waals surface area contributed by atoms with E-state index < -0.39 is 76.9 Å². The lowest BCUT2D eigenvalue weighted by Gasteiger charge is -2.36. The number of benzene rings is 2. The molecule has 7 rings (SSSR count). The third kappa shape index (κ3) is 14.2. The highest BCUT2D eigenvalue weighted by atomic mass is 16.2. The minimum Gasteiger partial charge on any atom is -0.351 e. The predicted octanol–water partition coefficient (Wildman–Crippen LogP) is 4.02. The van der Waals surface area contributed by atoms with E-state index in [-0.39, 0.29) is 79.4 Å². The summed E-state index contributed by atoms with van der Waals surface area (Å²) in [4.78, 5) is 117. The van der Waals surface area contributed by atoms with Gasteiger partial charge in [-0.25, -0.2) is 0 Å². The Balaban J connectivity index is 1.08. The SMILES string of the molecule is CNC(C)C(=O)NC(C(=O)N1CC(NC(=O)C2CCCCC2C(=O)NC2CC(C(=O)NC3CCCc4ccccc43)N(C(=O)C(NC(=O)C(C)NC)C(C)(C)C)C2)CC1CC(=O)NC1CCCc2ccccc21)C(C)(C)C. The maximum absolute atomic E-state index is 14.8. The number of likely N-dealkylation sites (tertiary alicyclic amines) is 2. The first kappa shape index (κ1) is 58.8. The number of hydrogen-bond acceptors (Lipinski definition) is 10. The van der Waals surface area contributed by atoms with E-state index in [9.17, 15) is 38.4 Å². The second-order valence-electron chi connectivity index (χ2n) is 24.7. The van der Waals surface area contributed by atoms with Gasteiger partial charge in [0, 0.05) is 49.5 Å². The smallest absolute Gasteiger partial charge is 0.246 e. The third-order valence-corrected chi connectivity index (χ3v) is 17.0. The summed E-state index contributed by atoms with van der Waals surface area (Å²) in [5, 5.41) is 24.7. The Morgan fingerprint density at radius 1 is 0.545 bits per heavy atom. The molecule has 3 aliphatic carbocycles. The van der Waals surface area contributed by atoms with Gasteiger partial charge < -0.3 is 52.3 Å². The van der Waals surface area contributed by atoms with Gasteiger partial charge in [-0.2, -0.15) is 0 Å². The van der Waals surface area contributed by atoms with Crippen LogP contribution in [0.3, 0.4) is 0 Å². The molecule has 8 amide bonds. The largest absolute Gasteiger partial charge is 0.351 e. The fourth-order valence-corrected chi connectivity index (χ4v) is 12.3. The average Bonchev–Trinajstić information content (AvgIpc) is 4.02. The molecule has 2 saturated heterocycles. The van der Waals surface area contributed by atoms with Crippen LogP contribution < -0.4 is 42.5 Å². The van der Waals surface area contributed by atoms with Gasteiger partial charge in [0.15, 0.2) is 0 Å². The first-order valence-corrected chi connectivity index (χ1v) is 28.4. The van der Waals surface area contributed by atoms with Crippen molar-refractivity contribution in [2.24, 2.45) is 22.7 Å². The molecule has 422 valence electrons. The van der Waals surface area contributed by atoms with Gasteiger partial charge in [-0.15, -0.1) is 0 Å². The Hall–Kier alpha value is -5.88. The van der Waals surface area contributed by atoms with E-state index in [0.717, 1.165) is 62.5 Å². The maximum atomic E-state index is 14.8. The van der Waals surface area contributed by atoms with Crippen LogP contribution in [-0.2, 0) is 51.2 Å². The minimum atomic E-state index is -0.984. The molecule has 0 aromatic heterocycles. The minimum absolute atomic E-state index is 0.00518. The molecule has 8 N–H and O–H groups in total. The van der Waals surface area contributed by atoms with Gasteiger partial charge in [-0.3, -0.25) is 38.4 Å². The number of carbonyl (C=O) groups excluding carboxylic acids is 8. The summed E-state index contributed by atoms with van der Waals surface area (Å²) in [6, 6.07) is 9.98. The van der Waals surface area contributed by atoms with Gasteiger partial charge in [-0.1, -0.05) is 103 Å². The lowest BCUT2D eigenvalue weighted by atomic mass is 9.78. The van der Waals surface area contributed by atoms with Crippen molar-refractivity contribution < 1.29 is 38.4 Å². The molecule has 2 heterocycles. The lowest BCUT2D eigenvalue weighted by Crippen LogP contribution is -2.59. The molecule has 2 aromatic rings. The molecule has 0 radical (unpaired) electrons. The molecule has 0 bridgehead atoms. The third-order valence-electron chi connectivity index (χ3n) is 17.0. The molecule has 5 aliphatic rings. The molecule has 1 saturated carbocycles. The molecule has 18 nitrogen and oxygen atoms in total. The quantitative estimate of drug-likeness (QED) is 0.113. The van der Waals surface area contributed by atoms with Crippen LogP contribution in [0.15, 0.2) is 48.5 Å². The van der Waals surface area contributed by atoms with Crippen LogP contribution in [0.1, 0.15) is 160 Å². The maximum Gasteiger partial charge on any atom is 0.246 e. The Morgan fingerprint density at radius 3 is 1.47 bits per heavy atom. The number of aryl methyl sites for hydroxylation is 2. The number of nitrogens with zero attached hydrogens (tertiary/aromatic N) is 2. The van der Waals surface area contributed by atoms with Crippen molar-refractivity contribution in [2.45, 2.75) is 199 Å². The fraction of sp³-hybridized carbons (Fsp3) is 0.661. The summed E-state index contributed by atoms with van der Waals surface area (Å²) in [6.45, 7) is 14.8. The van der Waals surface area contributed by atoms with Gasteiger partial charge >= 0.3 is 0 Å². The zero-order valence-corrected chi connectivity index (χ0v) is 47.3. The summed E-state index contributed by atoms with van der Waals surface area (Å²) in [5.74, 6) is -4.08. The van der Waals surface area contributed by atoms with Crippen LogP contribution in [-0.4, -0.2) is 133 Å². The average molecular weight is 1070 g/mol. The number of amides is 8. The first-order chi connectivity index (χ1) is 36.5. The van der Waals surface area contributed by atoms with Crippen LogP contribution in [0.25, 0.3) is 0 Å². The van der Waals surface area contributed by atoms with Gasteiger partial charge in [0.25, 0.3) is 0 Å². The van der Waals surface area contributed by atoms with Crippen LogP contribution in [0, 0.1) is 22.7 Å². The molecule has 77 heavy (non-hydrogen) atoms. The second-order valence-corrected chi connectivity index (χ2v) is 24.7. The molecule has 12 unspecified atom stereocenters. The van der Waals surface area contributed by atoms with E-state index in [0.29, 0.717) is 19.3 Å². The van der Waals surface area contributed by atoms with Crippen molar-refractivity contribution in [3.8, 4) is 0 Å². The van der Waals surface area contributed by atoms with Crippen LogP contribution in [0.5, 0.6) is 0 Å². The standard InChI is InChI=1S/C59H88N10O8/c1-34(60-9)51(71)66-49(58(3,4)5)56(76)68-32-38(29-40(68)31-48(70)64-45-27-17-21-36-19-11-13-23-41(36)45)62-53(73)43-25-15-16-26-44(43)54(74)63-39-30-47(55(75)65-46-28-18-22-37-20-12-14-24-42(37)46)69(33-39)57(77)50(59(6,7)8)67-52(72)35(2)61-10/h11-14,19-20,23-24,34-35,38-40,43-47,49-50,60-61H,15-18,21-22,25-33H2,1-10H3,(H,62,73)(H,63,74)(H,64,70)(H,65,75)(H,66,71)(H,67,72). The summed E-state index contributed by atoms with van der Waals surface area (Å²) < 4.78 is 0. The normalized spacial score (nSPS) is 25.9. The summed E-state index contributed by atoms with van der Waals surface area (Å²) in [7, 11) is 3.34. The zero-order valence-electron chi connectivity index (χ0n) is 47.3. The van der Waals surface area contributed by atoms with E-state index in [4.69, 9.17) is 0 Å². The van der Waals surface area contributed by atoms with Crippen LogP contribution in [0.2, 0.25) is 0 Å². The number of fused-ring (bicyclic) bond motifs is 2. The van der Waals surface area contributed by atoms with Crippen LogP contribution in [0.4, 0.5) is 0 Å². The van der Waals surface area contributed by atoms with Gasteiger partial charge in [0.1, 0.15) is 18.1 Å². The summed E-state index contributed by atoms with van der Waals surface area (Å²) in [6.07, 6.45) is 8.00. The van der Waals surface area contributed by atoms with Crippen molar-refractivity contribution in [2.75, 3.05) is 27.2 Å². The van der Waals surface area contributed by atoms with Crippen LogP contribution >= 0.6 is 0 Å². The Morgan fingerprint density at radius 2 is 0.987 bits per heavy atom. The first-order valence-electron chi connectivity index (χ1n) is 28.4. The van der Waals surface area contributed by atoms with E-state index in [1.807, 2.05) is 77.9 Å². The van der Waals surface area contributed by atoms with Gasteiger partial charge in [0.05, 0.1) is 24.2 Å². The molecule has 3 fully saturated rings. The second kappa shape index (κ2) is 25.3. The topological polar surface area (TPSA) is 239 Å². The molecule has 0 spiro atoms. The highest BCUT2D eigenvalue weighted by molar-refractivity contribution is 5.95. The fourth-order valence-electron chi connectivity index (χ4n) is 12.3. The van der Waals surface area contributed by atoms with Crippen molar-refractivity contribution in [1.82, 2.24) is 52.3 Å². The number of nitrogens with one attached hydrogen (secondary N) is 8. The van der Waals surface area contributed by atoms with E-state index >= 15 is 0 Å². The monoisotopic (exact) mass is 1060 g/mol. The zero-order chi connectivity index (χ0) is 55.9. The number of hydrogen-bond donors (Lipinski definition) is 8. The lowest BCUT2D eigenvalue weighted by molar-refractivity contribution is -0.144. The van der Waals surface area contributed by atoms with E-state index in [1.54, 1.807) is 32.8 Å². The highest BCUT2D eigenvalue weighted by Crippen LogP contribution is 2.36. The number of rotatable bonds is 17. The summed E-state index contributed by atoms with van der Waals surface area (Å²) >= 11 is 0.